The molecule has 0 amide bonds. The van der Waals surface area contributed by atoms with Crippen molar-refractivity contribution in [3.05, 3.63) is 33.8 Å². The molecule has 76 valence electrons. The number of aryl methyl sites for hydroxylation is 1. The predicted molar refractivity (Wildman–Crippen MR) is 62.6 cm³/mol. The third kappa shape index (κ3) is 1.78. The average Bonchev–Trinajstić information content (AvgIpc) is 2.60. The number of allylic oxidation sites excluding steroid dienone is 2. The van der Waals surface area contributed by atoms with Gasteiger partial charge in [-0.25, -0.2) is 0 Å². The van der Waals surface area contributed by atoms with Crippen LogP contribution < -0.4 is 4.74 Å². The van der Waals surface area contributed by atoms with Crippen LogP contribution >= 0.6 is 15.9 Å². The SMILES string of the molecule is COc1cc2c(cc1Br)CCC2=CC#N. The van der Waals surface area contributed by atoms with Gasteiger partial charge in [-0.05, 0) is 57.6 Å². The molecule has 2 nitrogen and oxygen atoms in total. The second-order valence-electron chi connectivity index (χ2n) is 3.44. The number of nitrogens with zero attached hydrogens (tertiary/aromatic N) is 1. The molecule has 0 aromatic heterocycles. The highest BCUT2D eigenvalue weighted by Gasteiger charge is 2.18. The molecule has 0 spiro atoms. The summed E-state index contributed by atoms with van der Waals surface area (Å²) in [6.45, 7) is 0. The topological polar surface area (TPSA) is 33.0 Å². The lowest BCUT2D eigenvalue weighted by molar-refractivity contribution is 0.412. The molecule has 0 fully saturated rings. The van der Waals surface area contributed by atoms with Gasteiger partial charge in [-0.1, -0.05) is 0 Å². The smallest absolute Gasteiger partial charge is 0.133 e. The summed E-state index contributed by atoms with van der Waals surface area (Å²) >= 11 is 3.46. The Balaban J connectivity index is 2.55. The zero-order valence-corrected chi connectivity index (χ0v) is 9.97. The molecule has 3 heteroatoms. The number of rotatable bonds is 1. The van der Waals surface area contributed by atoms with Gasteiger partial charge in [-0.3, -0.25) is 0 Å². The van der Waals surface area contributed by atoms with Gasteiger partial charge in [0.05, 0.1) is 17.7 Å². The van der Waals surface area contributed by atoms with Gasteiger partial charge in [-0.2, -0.15) is 5.26 Å². The molecule has 0 atom stereocenters. The number of halogens is 1. The summed E-state index contributed by atoms with van der Waals surface area (Å²) in [6, 6.07) is 6.16. The molecule has 0 unspecified atom stereocenters. The quantitative estimate of drug-likeness (QED) is 0.729. The van der Waals surface area contributed by atoms with Crippen LogP contribution in [0.3, 0.4) is 0 Å². The summed E-state index contributed by atoms with van der Waals surface area (Å²) in [5, 5.41) is 8.67. The van der Waals surface area contributed by atoms with Crippen LogP contribution in [0.25, 0.3) is 5.57 Å². The van der Waals surface area contributed by atoms with Crippen LogP contribution in [-0.2, 0) is 6.42 Å². The van der Waals surface area contributed by atoms with E-state index in [0.29, 0.717) is 0 Å². The summed E-state index contributed by atoms with van der Waals surface area (Å²) < 4.78 is 6.21. The molecule has 1 aliphatic carbocycles. The normalized spacial score (nSPS) is 16.2. The first-order chi connectivity index (χ1) is 7.26. The number of fused-ring (bicyclic) bond motifs is 1. The Kier molecular flexibility index (Phi) is 2.79. The van der Waals surface area contributed by atoms with E-state index in [4.69, 9.17) is 10.00 Å². The maximum atomic E-state index is 8.67. The zero-order valence-electron chi connectivity index (χ0n) is 8.38. The number of hydrogen-bond donors (Lipinski definition) is 0. The van der Waals surface area contributed by atoms with E-state index in [2.05, 4.69) is 28.1 Å². The molecule has 1 aromatic rings. The Morgan fingerprint density at radius 1 is 1.47 bits per heavy atom. The van der Waals surface area contributed by atoms with Crippen LogP contribution in [0.15, 0.2) is 22.7 Å². The molecule has 0 heterocycles. The van der Waals surface area contributed by atoms with Gasteiger partial charge in [0, 0.05) is 6.08 Å². The molecular formula is C12H10BrNO. The van der Waals surface area contributed by atoms with Gasteiger partial charge >= 0.3 is 0 Å². The van der Waals surface area contributed by atoms with Gasteiger partial charge in [0.15, 0.2) is 0 Å². The molecule has 15 heavy (non-hydrogen) atoms. The average molecular weight is 264 g/mol. The monoisotopic (exact) mass is 263 g/mol. The van der Waals surface area contributed by atoms with E-state index in [1.807, 2.05) is 6.07 Å². The number of methoxy groups -OCH3 is 1. The third-order valence-corrected chi connectivity index (χ3v) is 3.25. The van der Waals surface area contributed by atoms with Gasteiger partial charge in [0.1, 0.15) is 5.75 Å². The van der Waals surface area contributed by atoms with Crippen LogP contribution in [-0.4, -0.2) is 7.11 Å². The Hall–Kier alpha value is -1.27. The van der Waals surface area contributed by atoms with Crippen molar-refractivity contribution < 1.29 is 4.74 Å². The highest BCUT2D eigenvalue weighted by molar-refractivity contribution is 9.10. The lowest BCUT2D eigenvalue weighted by Crippen LogP contribution is -1.88. The number of benzene rings is 1. The standard InChI is InChI=1S/C12H10BrNO/c1-15-12-7-10-8(4-5-14)2-3-9(10)6-11(12)13/h4,6-7H,2-3H2,1H3. The van der Waals surface area contributed by atoms with Gasteiger partial charge in [0.25, 0.3) is 0 Å². The van der Waals surface area contributed by atoms with Crippen molar-refractivity contribution in [1.29, 1.82) is 5.26 Å². The summed E-state index contributed by atoms with van der Waals surface area (Å²) in [7, 11) is 1.65. The Labute approximate surface area is 97.3 Å². The van der Waals surface area contributed by atoms with Crippen molar-refractivity contribution in [3.8, 4) is 11.8 Å². The molecule has 0 bridgehead atoms. The first-order valence-electron chi connectivity index (χ1n) is 4.71. The first kappa shape index (κ1) is 10.3. The van der Waals surface area contributed by atoms with Crippen LogP contribution in [0.4, 0.5) is 0 Å². The summed E-state index contributed by atoms with van der Waals surface area (Å²) in [5.41, 5.74) is 3.54. The van der Waals surface area contributed by atoms with Crippen molar-refractivity contribution in [2.45, 2.75) is 12.8 Å². The van der Waals surface area contributed by atoms with Crippen LogP contribution in [0.5, 0.6) is 5.75 Å². The van der Waals surface area contributed by atoms with Crippen molar-refractivity contribution >= 4 is 21.5 Å². The molecule has 0 saturated heterocycles. The predicted octanol–water partition coefficient (Wildman–Crippen LogP) is 3.31. The van der Waals surface area contributed by atoms with Crippen molar-refractivity contribution in [1.82, 2.24) is 0 Å². The first-order valence-corrected chi connectivity index (χ1v) is 5.51. The number of ether oxygens (including phenoxy) is 1. The van der Waals surface area contributed by atoms with E-state index < -0.39 is 0 Å². The second kappa shape index (κ2) is 4.08. The Bertz CT molecular complexity index is 471. The highest BCUT2D eigenvalue weighted by atomic mass is 79.9. The lowest BCUT2D eigenvalue weighted by atomic mass is 10.1. The number of hydrogen-bond acceptors (Lipinski definition) is 2. The minimum absolute atomic E-state index is 0.819. The van der Waals surface area contributed by atoms with Crippen LogP contribution in [0, 0.1) is 11.3 Å². The van der Waals surface area contributed by atoms with Gasteiger partial charge < -0.3 is 4.74 Å². The molecule has 2 rings (SSSR count). The van der Waals surface area contributed by atoms with Gasteiger partial charge in [-0.15, -0.1) is 0 Å². The largest absolute Gasteiger partial charge is 0.496 e. The minimum Gasteiger partial charge on any atom is -0.496 e. The lowest BCUT2D eigenvalue weighted by Gasteiger charge is -2.07. The van der Waals surface area contributed by atoms with E-state index in [0.717, 1.165) is 34.2 Å². The minimum atomic E-state index is 0.819. The van der Waals surface area contributed by atoms with E-state index >= 15 is 0 Å². The maximum Gasteiger partial charge on any atom is 0.133 e. The Morgan fingerprint density at radius 3 is 2.93 bits per heavy atom. The van der Waals surface area contributed by atoms with Crippen molar-refractivity contribution in [3.63, 3.8) is 0 Å². The Morgan fingerprint density at radius 2 is 2.27 bits per heavy atom. The third-order valence-electron chi connectivity index (χ3n) is 2.63. The van der Waals surface area contributed by atoms with Crippen molar-refractivity contribution in [2.75, 3.05) is 7.11 Å². The highest BCUT2D eigenvalue weighted by Crippen LogP contribution is 2.38. The van der Waals surface area contributed by atoms with Crippen LogP contribution in [0.2, 0.25) is 0 Å². The fourth-order valence-electron chi connectivity index (χ4n) is 1.89. The molecule has 0 saturated carbocycles. The molecule has 1 aromatic carbocycles. The van der Waals surface area contributed by atoms with E-state index in [9.17, 15) is 0 Å². The fraction of sp³-hybridized carbons (Fsp3) is 0.250. The fourth-order valence-corrected chi connectivity index (χ4v) is 2.44. The van der Waals surface area contributed by atoms with E-state index in [-0.39, 0.29) is 0 Å². The molecule has 1 aliphatic rings. The van der Waals surface area contributed by atoms with Gasteiger partial charge in [0.2, 0.25) is 0 Å². The van der Waals surface area contributed by atoms with E-state index in [1.165, 1.54) is 5.56 Å². The molecule has 0 aliphatic heterocycles. The molecule has 0 radical (unpaired) electrons. The van der Waals surface area contributed by atoms with Crippen molar-refractivity contribution in [2.24, 2.45) is 0 Å². The van der Waals surface area contributed by atoms with E-state index in [1.54, 1.807) is 13.2 Å². The maximum absolute atomic E-state index is 8.67. The van der Waals surface area contributed by atoms with Crippen LogP contribution in [0.1, 0.15) is 17.5 Å². The molecular weight excluding hydrogens is 254 g/mol. The molecule has 0 N–H and O–H groups in total. The number of nitriles is 1. The summed E-state index contributed by atoms with van der Waals surface area (Å²) in [4.78, 5) is 0. The summed E-state index contributed by atoms with van der Waals surface area (Å²) in [6.07, 6.45) is 3.58. The summed E-state index contributed by atoms with van der Waals surface area (Å²) in [5.74, 6) is 0.819. The zero-order chi connectivity index (χ0) is 10.8. The second-order valence-corrected chi connectivity index (χ2v) is 4.30.